The Hall–Kier alpha value is -2.58. The molecule has 0 saturated heterocycles. The van der Waals surface area contributed by atoms with E-state index in [2.05, 4.69) is 5.32 Å². The van der Waals surface area contributed by atoms with Gasteiger partial charge in [-0.1, -0.05) is 61.3 Å². The third kappa shape index (κ3) is 7.21. The minimum absolute atomic E-state index is 0.185. The van der Waals surface area contributed by atoms with E-state index in [1.807, 2.05) is 45.0 Å². The number of hydrogen-bond donors (Lipinski definition) is 1. The molecule has 2 rings (SSSR count). The molecule has 0 radical (unpaired) electrons. The van der Waals surface area contributed by atoms with Crippen LogP contribution >= 0.6 is 11.6 Å². The monoisotopic (exact) mass is 507 g/mol. The molecular formula is C25H34ClN3O4S. The van der Waals surface area contributed by atoms with Crippen molar-refractivity contribution < 1.29 is 18.0 Å². The average Bonchev–Trinajstić information content (AvgIpc) is 2.77. The van der Waals surface area contributed by atoms with Crippen molar-refractivity contribution in [1.29, 1.82) is 0 Å². The molecular weight excluding hydrogens is 474 g/mol. The first kappa shape index (κ1) is 27.7. The van der Waals surface area contributed by atoms with Gasteiger partial charge in [0.05, 0.1) is 11.9 Å². The van der Waals surface area contributed by atoms with Crippen LogP contribution in [0, 0.1) is 13.8 Å². The van der Waals surface area contributed by atoms with Crippen LogP contribution in [-0.2, 0) is 26.2 Å². The van der Waals surface area contributed by atoms with Crippen LogP contribution in [0.15, 0.2) is 42.5 Å². The molecule has 0 saturated carbocycles. The minimum atomic E-state index is -3.81. The number of benzene rings is 2. The maximum absolute atomic E-state index is 13.6. The van der Waals surface area contributed by atoms with Crippen molar-refractivity contribution in [3.05, 3.63) is 64.2 Å². The smallest absolute Gasteiger partial charge is 0.244 e. The number of hydrogen-bond acceptors (Lipinski definition) is 4. The lowest BCUT2D eigenvalue weighted by Crippen LogP contribution is -2.52. The van der Waals surface area contributed by atoms with Crippen molar-refractivity contribution in [2.24, 2.45) is 0 Å². The molecule has 1 N–H and O–H groups in total. The van der Waals surface area contributed by atoms with Crippen LogP contribution in [0.4, 0.5) is 5.69 Å². The molecule has 34 heavy (non-hydrogen) atoms. The second-order valence-electron chi connectivity index (χ2n) is 8.38. The summed E-state index contributed by atoms with van der Waals surface area (Å²) in [6.45, 7) is 7.69. The molecule has 7 nitrogen and oxygen atoms in total. The van der Waals surface area contributed by atoms with Gasteiger partial charge in [-0.3, -0.25) is 13.9 Å². The summed E-state index contributed by atoms with van der Waals surface area (Å²) in [5.41, 5.74) is 2.78. The van der Waals surface area contributed by atoms with Gasteiger partial charge in [-0.05, 0) is 49.9 Å². The lowest BCUT2D eigenvalue weighted by atomic mass is 10.1. The lowest BCUT2D eigenvalue weighted by molar-refractivity contribution is -0.140. The summed E-state index contributed by atoms with van der Waals surface area (Å²) >= 11 is 6.22. The molecule has 0 aromatic heterocycles. The highest BCUT2D eigenvalue weighted by molar-refractivity contribution is 7.92. The SMILES string of the molecule is CCCNC(=O)C(CC)N(Cc1cccc(C)c1)C(=O)CN(c1cccc(Cl)c1C)S(C)(=O)=O. The zero-order valence-electron chi connectivity index (χ0n) is 20.5. The van der Waals surface area contributed by atoms with Gasteiger partial charge in [-0.2, -0.15) is 0 Å². The molecule has 0 heterocycles. The standard InChI is InChI=1S/C25H34ClN3O4S/c1-6-14-27-25(31)22(7-2)28(16-20-11-8-10-18(3)15-20)24(30)17-29(34(5,32)33)23-13-9-12-21(26)19(23)4/h8-13,15,22H,6-7,14,16-17H2,1-5H3,(H,27,31). The number of nitrogens with zero attached hydrogens (tertiary/aromatic N) is 2. The van der Waals surface area contributed by atoms with E-state index in [1.54, 1.807) is 25.1 Å². The minimum Gasteiger partial charge on any atom is -0.354 e. The van der Waals surface area contributed by atoms with Gasteiger partial charge in [0.15, 0.2) is 0 Å². The molecule has 0 bridgehead atoms. The lowest BCUT2D eigenvalue weighted by Gasteiger charge is -2.33. The molecule has 2 aromatic rings. The largest absolute Gasteiger partial charge is 0.354 e. The van der Waals surface area contributed by atoms with Gasteiger partial charge in [0.1, 0.15) is 12.6 Å². The highest BCUT2D eigenvalue weighted by atomic mass is 35.5. The van der Waals surface area contributed by atoms with E-state index in [9.17, 15) is 18.0 Å². The van der Waals surface area contributed by atoms with Gasteiger partial charge in [0.25, 0.3) is 0 Å². The van der Waals surface area contributed by atoms with Gasteiger partial charge >= 0.3 is 0 Å². The van der Waals surface area contributed by atoms with Gasteiger partial charge in [-0.15, -0.1) is 0 Å². The number of halogens is 1. The van der Waals surface area contributed by atoms with E-state index in [4.69, 9.17) is 11.6 Å². The highest BCUT2D eigenvalue weighted by Gasteiger charge is 2.32. The first-order chi connectivity index (χ1) is 16.0. The van der Waals surface area contributed by atoms with Crippen molar-refractivity contribution in [1.82, 2.24) is 10.2 Å². The van der Waals surface area contributed by atoms with E-state index in [1.165, 1.54) is 4.90 Å². The van der Waals surface area contributed by atoms with Crippen LogP contribution in [0.25, 0.3) is 0 Å². The number of nitrogens with one attached hydrogen (secondary N) is 1. The highest BCUT2D eigenvalue weighted by Crippen LogP contribution is 2.28. The Morgan fingerprint density at radius 3 is 2.35 bits per heavy atom. The number of sulfonamides is 1. The number of carbonyl (C=O) groups excluding carboxylic acids is 2. The second kappa shape index (κ2) is 12.2. The van der Waals surface area contributed by atoms with Crippen LogP contribution in [0.2, 0.25) is 5.02 Å². The molecule has 9 heteroatoms. The van der Waals surface area contributed by atoms with Crippen molar-refractivity contribution in [2.75, 3.05) is 23.7 Å². The van der Waals surface area contributed by atoms with Crippen molar-refractivity contribution in [3.8, 4) is 0 Å². The topological polar surface area (TPSA) is 86.8 Å². The first-order valence-corrected chi connectivity index (χ1v) is 13.6. The van der Waals surface area contributed by atoms with E-state index in [-0.39, 0.29) is 12.5 Å². The average molecular weight is 508 g/mol. The van der Waals surface area contributed by atoms with Crippen LogP contribution in [0.5, 0.6) is 0 Å². The van der Waals surface area contributed by atoms with Crippen molar-refractivity contribution >= 4 is 39.1 Å². The molecule has 2 amide bonds. The van der Waals surface area contributed by atoms with Crippen molar-refractivity contribution in [2.45, 2.75) is 53.1 Å². The zero-order valence-corrected chi connectivity index (χ0v) is 22.0. The summed E-state index contributed by atoms with van der Waals surface area (Å²) in [7, 11) is -3.81. The molecule has 1 atom stereocenters. The van der Waals surface area contributed by atoms with Crippen LogP contribution in [0.1, 0.15) is 43.4 Å². The fraction of sp³-hybridized carbons (Fsp3) is 0.440. The van der Waals surface area contributed by atoms with Crippen LogP contribution in [0.3, 0.4) is 0 Å². The van der Waals surface area contributed by atoms with E-state index in [0.717, 1.165) is 28.1 Å². The quantitative estimate of drug-likeness (QED) is 0.497. The summed E-state index contributed by atoms with van der Waals surface area (Å²) in [5, 5.41) is 3.27. The predicted octanol–water partition coefficient (Wildman–Crippen LogP) is 4.06. The van der Waals surface area contributed by atoms with E-state index < -0.39 is 28.5 Å². The Morgan fingerprint density at radius 2 is 1.76 bits per heavy atom. The molecule has 0 aliphatic carbocycles. The molecule has 0 spiro atoms. The molecule has 186 valence electrons. The summed E-state index contributed by atoms with van der Waals surface area (Å²) in [6.07, 6.45) is 2.21. The molecule has 0 aliphatic rings. The Balaban J connectivity index is 2.47. The van der Waals surface area contributed by atoms with Gasteiger partial charge in [-0.25, -0.2) is 8.42 Å². The maximum atomic E-state index is 13.6. The Bertz CT molecular complexity index is 1120. The summed E-state index contributed by atoms with van der Waals surface area (Å²) in [6, 6.07) is 11.9. The van der Waals surface area contributed by atoms with Gasteiger partial charge in [0, 0.05) is 18.1 Å². The predicted molar refractivity (Wildman–Crippen MR) is 137 cm³/mol. The van der Waals surface area contributed by atoms with Crippen LogP contribution < -0.4 is 9.62 Å². The van der Waals surface area contributed by atoms with Crippen molar-refractivity contribution in [3.63, 3.8) is 0 Å². The number of rotatable bonds is 11. The van der Waals surface area contributed by atoms with Crippen LogP contribution in [-0.4, -0.2) is 50.5 Å². The van der Waals surface area contributed by atoms with E-state index in [0.29, 0.717) is 29.2 Å². The van der Waals surface area contributed by atoms with Gasteiger partial charge < -0.3 is 10.2 Å². The Morgan fingerprint density at radius 1 is 1.09 bits per heavy atom. The third-order valence-electron chi connectivity index (χ3n) is 5.56. The molecule has 1 unspecified atom stereocenters. The number of anilines is 1. The first-order valence-electron chi connectivity index (χ1n) is 11.3. The summed E-state index contributed by atoms with van der Waals surface area (Å²) in [4.78, 5) is 28.0. The fourth-order valence-electron chi connectivity index (χ4n) is 3.75. The maximum Gasteiger partial charge on any atom is 0.244 e. The zero-order chi connectivity index (χ0) is 25.5. The number of aryl methyl sites for hydroxylation is 1. The van der Waals surface area contributed by atoms with E-state index >= 15 is 0 Å². The number of carbonyl (C=O) groups is 2. The fourth-order valence-corrected chi connectivity index (χ4v) is 4.82. The molecule has 0 aliphatic heterocycles. The Labute approximate surface area is 208 Å². The summed E-state index contributed by atoms with van der Waals surface area (Å²) in [5.74, 6) is -0.722. The summed E-state index contributed by atoms with van der Waals surface area (Å²) < 4.78 is 26.5. The second-order valence-corrected chi connectivity index (χ2v) is 10.7. The Kier molecular flexibility index (Phi) is 9.94. The van der Waals surface area contributed by atoms with Gasteiger partial charge in [0.2, 0.25) is 21.8 Å². The molecule has 2 aromatic carbocycles. The number of amides is 2. The molecule has 0 fully saturated rings. The third-order valence-corrected chi connectivity index (χ3v) is 7.09. The normalized spacial score (nSPS) is 12.2.